The number of rotatable bonds is 3. The second-order valence-electron chi connectivity index (χ2n) is 4.48. The quantitative estimate of drug-likeness (QED) is 0.462. The third kappa shape index (κ3) is 5.34. The largest absolute Gasteiger partial charge is 0.391 e. The van der Waals surface area contributed by atoms with Gasteiger partial charge in [0.1, 0.15) is 0 Å². The maximum atomic E-state index is 9.47. The fourth-order valence-electron chi connectivity index (χ4n) is 1.63. The fraction of sp³-hybridized carbons (Fsp3) is 0.909. The normalized spacial score (nSPS) is 21.2. The van der Waals surface area contributed by atoms with Crippen molar-refractivity contribution in [3.63, 3.8) is 0 Å². The predicted molar refractivity (Wildman–Crippen MR) is 78.4 cm³/mol. The Bertz CT molecular complexity index is 221. The average molecular weight is 341 g/mol. The van der Waals surface area contributed by atoms with Crippen molar-refractivity contribution in [3.8, 4) is 0 Å². The van der Waals surface area contributed by atoms with E-state index in [1.54, 1.807) is 0 Å². The smallest absolute Gasteiger partial charge is 0.194 e. The van der Waals surface area contributed by atoms with Crippen LogP contribution in [0, 0.1) is 5.92 Å². The molecule has 0 spiro atoms. The van der Waals surface area contributed by atoms with Crippen LogP contribution in [0.15, 0.2) is 4.99 Å². The molecule has 0 saturated carbocycles. The van der Waals surface area contributed by atoms with E-state index in [1.807, 2.05) is 0 Å². The third-order valence-corrected chi connectivity index (χ3v) is 2.40. The number of aliphatic imine (C=N–C) groups is 1. The zero-order valence-corrected chi connectivity index (χ0v) is 12.8. The van der Waals surface area contributed by atoms with Crippen molar-refractivity contribution < 1.29 is 5.11 Å². The summed E-state index contributed by atoms with van der Waals surface area (Å²) in [7, 11) is 0. The van der Waals surface area contributed by atoms with Crippen molar-refractivity contribution >= 4 is 29.9 Å². The Hall–Kier alpha value is -0.0400. The van der Waals surface area contributed by atoms with Crippen molar-refractivity contribution in [1.29, 1.82) is 0 Å². The van der Waals surface area contributed by atoms with Gasteiger partial charge >= 0.3 is 0 Å². The highest BCUT2D eigenvalue weighted by molar-refractivity contribution is 14.0. The zero-order chi connectivity index (χ0) is 11.3. The fourth-order valence-corrected chi connectivity index (χ4v) is 1.63. The molecule has 1 rings (SSSR count). The molecule has 0 amide bonds. The minimum absolute atomic E-state index is 0. The van der Waals surface area contributed by atoms with E-state index in [2.05, 4.69) is 36.0 Å². The van der Waals surface area contributed by atoms with Gasteiger partial charge in [0.25, 0.3) is 0 Å². The van der Waals surface area contributed by atoms with Gasteiger partial charge in [0.05, 0.1) is 6.10 Å². The molecule has 0 aromatic rings. The van der Waals surface area contributed by atoms with Crippen LogP contribution >= 0.6 is 24.0 Å². The Morgan fingerprint density at radius 3 is 2.69 bits per heavy atom. The lowest BCUT2D eigenvalue weighted by molar-refractivity contribution is 0.187. The van der Waals surface area contributed by atoms with Gasteiger partial charge in [0.15, 0.2) is 5.96 Å². The summed E-state index contributed by atoms with van der Waals surface area (Å²) in [6.07, 6.45) is 0.666. The summed E-state index contributed by atoms with van der Waals surface area (Å²) in [4.78, 5) is 6.69. The minimum atomic E-state index is -0.187. The summed E-state index contributed by atoms with van der Waals surface area (Å²) in [5.74, 6) is 1.52. The molecule has 0 aromatic heterocycles. The maximum Gasteiger partial charge on any atom is 0.194 e. The van der Waals surface area contributed by atoms with E-state index >= 15 is 0 Å². The van der Waals surface area contributed by atoms with E-state index in [9.17, 15) is 5.11 Å². The molecule has 1 saturated heterocycles. The Balaban J connectivity index is 0.00000225. The summed E-state index contributed by atoms with van der Waals surface area (Å²) in [6, 6.07) is 0. The summed E-state index contributed by atoms with van der Waals surface area (Å²) < 4.78 is 0. The molecule has 0 aliphatic carbocycles. The third-order valence-electron chi connectivity index (χ3n) is 2.40. The van der Waals surface area contributed by atoms with Gasteiger partial charge in [0.2, 0.25) is 0 Å². The van der Waals surface area contributed by atoms with Crippen molar-refractivity contribution in [2.24, 2.45) is 10.9 Å². The number of guanidine groups is 1. The number of hydrogen-bond acceptors (Lipinski definition) is 2. The molecule has 5 heteroatoms. The number of β-amino-alcohol motifs (C(OH)–C–C–N with tert-alkyl or cyclic N) is 1. The number of hydrogen-bond donors (Lipinski definition) is 2. The molecular formula is C11H24IN3O. The van der Waals surface area contributed by atoms with Gasteiger partial charge in [-0.25, -0.2) is 0 Å². The standard InChI is InChI=1S/C11H23N3O.HI/c1-4-12-11(13-7-9(2)3)14-6-5-10(15)8-14;/h9-10,15H,4-8H2,1-3H3,(H,12,13);1H/t10-;/m1./s1. The van der Waals surface area contributed by atoms with Gasteiger partial charge in [-0.2, -0.15) is 0 Å². The van der Waals surface area contributed by atoms with Crippen LogP contribution in [-0.4, -0.2) is 48.2 Å². The highest BCUT2D eigenvalue weighted by Crippen LogP contribution is 2.09. The molecule has 1 aliphatic rings. The number of aliphatic hydroxyl groups is 1. The summed E-state index contributed by atoms with van der Waals surface area (Å²) >= 11 is 0. The van der Waals surface area contributed by atoms with E-state index in [1.165, 1.54) is 0 Å². The van der Waals surface area contributed by atoms with Gasteiger partial charge in [-0.15, -0.1) is 24.0 Å². The molecule has 1 atom stereocenters. The first-order valence-electron chi connectivity index (χ1n) is 5.84. The van der Waals surface area contributed by atoms with Crippen molar-refractivity contribution in [2.45, 2.75) is 33.3 Å². The van der Waals surface area contributed by atoms with Crippen LogP contribution in [0.3, 0.4) is 0 Å². The molecule has 0 unspecified atom stereocenters. The van der Waals surface area contributed by atoms with Gasteiger partial charge in [-0.05, 0) is 19.3 Å². The molecule has 2 N–H and O–H groups in total. The Morgan fingerprint density at radius 1 is 1.56 bits per heavy atom. The molecule has 96 valence electrons. The minimum Gasteiger partial charge on any atom is -0.391 e. The Kier molecular flexibility index (Phi) is 8.09. The van der Waals surface area contributed by atoms with Gasteiger partial charge in [0, 0.05) is 26.2 Å². The van der Waals surface area contributed by atoms with Gasteiger partial charge < -0.3 is 15.3 Å². The second-order valence-corrected chi connectivity index (χ2v) is 4.48. The van der Waals surface area contributed by atoms with E-state index in [0.717, 1.165) is 32.0 Å². The first-order valence-corrected chi connectivity index (χ1v) is 5.84. The molecular weight excluding hydrogens is 317 g/mol. The van der Waals surface area contributed by atoms with E-state index < -0.39 is 0 Å². The molecule has 1 fully saturated rings. The number of likely N-dealkylation sites (tertiary alicyclic amines) is 1. The lowest BCUT2D eigenvalue weighted by atomic mass is 10.2. The number of nitrogens with one attached hydrogen (secondary N) is 1. The monoisotopic (exact) mass is 341 g/mol. The predicted octanol–water partition coefficient (Wildman–Crippen LogP) is 1.29. The lowest BCUT2D eigenvalue weighted by Gasteiger charge is -2.21. The summed E-state index contributed by atoms with van der Waals surface area (Å²) in [5.41, 5.74) is 0. The van der Waals surface area contributed by atoms with Gasteiger partial charge in [-0.3, -0.25) is 4.99 Å². The average Bonchev–Trinajstić information content (AvgIpc) is 2.59. The Morgan fingerprint density at radius 2 is 2.25 bits per heavy atom. The number of aliphatic hydroxyl groups excluding tert-OH is 1. The topological polar surface area (TPSA) is 47.9 Å². The first-order chi connectivity index (χ1) is 7.13. The van der Waals surface area contributed by atoms with Gasteiger partial charge in [-0.1, -0.05) is 13.8 Å². The van der Waals surface area contributed by atoms with E-state index in [0.29, 0.717) is 12.5 Å². The molecule has 16 heavy (non-hydrogen) atoms. The maximum absolute atomic E-state index is 9.47. The number of halogens is 1. The highest BCUT2D eigenvalue weighted by atomic mass is 127. The summed E-state index contributed by atoms with van der Waals surface area (Å²) in [6.45, 7) is 9.72. The van der Waals surface area contributed by atoms with E-state index in [-0.39, 0.29) is 30.1 Å². The van der Waals surface area contributed by atoms with Crippen molar-refractivity contribution in [3.05, 3.63) is 0 Å². The SMILES string of the molecule is CCNC(=NCC(C)C)N1CC[C@@H](O)C1.I. The Labute approximate surface area is 116 Å². The molecule has 1 heterocycles. The molecule has 0 aromatic carbocycles. The van der Waals surface area contributed by atoms with Crippen LogP contribution in [0.5, 0.6) is 0 Å². The van der Waals surface area contributed by atoms with Crippen LogP contribution in [0.2, 0.25) is 0 Å². The van der Waals surface area contributed by atoms with Crippen LogP contribution in [-0.2, 0) is 0 Å². The molecule has 4 nitrogen and oxygen atoms in total. The van der Waals surface area contributed by atoms with Crippen molar-refractivity contribution in [2.75, 3.05) is 26.2 Å². The second kappa shape index (κ2) is 8.11. The van der Waals surface area contributed by atoms with Crippen LogP contribution in [0.4, 0.5) is 0 Å². The van der Waals surface area contributed by atoms with Crippen LogP contribution in [0.1, 0.15) is 27.2 Å². The molecule has 1 aliphatic heterocycles. The zero-order valence-electron chi connectivity index (χ0n) is 10.4. The lowest BCUT2D eigenvalue weighted by Crippen LogP contribution is -2.40. The molecule has 0 bridgehead atoms. The first kappa shape index (κ1) is 16.0. The summed E-state index contributed by atoms with van der Waals surface area (Å²) in [5, 5.41) is 12.7. The van der Waals surface area contributed by atoms with E-state index in [4.69, 9.17) is 0 Å². The highest BCUT2D eigenvalue weighted by Gasteiger charge is 2.22. The van der Waals surface area contributed by atoms with Crippen LogP contribution in [0.25, 0.3) is 0 Å². The van der Waals surface area contributed by atoms with Crippen molar-refractivity contribution in [1.82, 2.24) is 10.2 Å². The molecule has 0 radical (unpaired) electrons. The number of nitrogens with zero attached hydrogens (tertiary/aromatic N) is 2. The van der Waals surface area contributed by atoms with Crippen LogP contribution < -0.4 is 5.32 Å².